The van der Waals surface area contributed by atoms with Crippen molar-refractivity contribution in [1.82, 2.24) is 5.32 Å². The van der Waals surface area contributed by atoms with Crippen LogP contribution in [-0.4, -0.2) is 14.2 Å². The minimum absolute atomic E-state index is 0.621. The van der Waals surface area contributed by atoms with Gasteiger partial charge in [-0.1, -0.05) is 17.7 Å². The van der Waals surface area contributed by atoms with Gasteiger partial charge < -0.3 is 10.1 Å². The fourth-order valence-corrected chi connectivity index (χ4v) is 1.70. The first-order valence-electron chi connectivity index (χ1n) is 3.86. The fourth-order valence-electron chi connectivity index (χ4n) is 1.12. The van der Waals surface area contributed by atoms with Gasteiger partial charge in [0.1, 0.15) is 5.75 Å². The van der Waals surface area contributed by atoms with Gasteiger partial charge in [0.2, 0.25) is 0 Å². The molecule has 13 heavy (non-hydrogen) atoms. The molecule has 0 saturated carbocycles. The number of halogens is 2. The highest BCUT2D eigenvalue weighted by atomic mass is 79.9. The Hall–Kier alpha value is -0.250. The summed E-state index contributed by atoms with van der Waals surface area (Å²) in [5.74, 6) is 0.727. The summed E-state index contributed by atoms with van der Waals surface area (Å²) in [6.07, 6.45) is 0. The number of ether oxygens (including phenoxy) is 1. The lowest BCUT2D eigenvalue weighted by Crippen LogP contribution is -2.06. The molecule has 1 rings (SSSR count). The van der Waals surface area contributed by atoms with Crippen molar-refractivity contribution in [3.8, 4) is 5.75 Å². The standard InChI is InChI=1S/C9H11BrClNO/c1-12-5-6-3-4-7(10)8(11)9(6)13-2/h3-4,12H,5H2,1-2H3. The number of rotatable bonds is 3. The van der Waals surface area contributed by atoms with Gasteiger partial charge in [-0.05, 0) is 29.0 Å². The van der Waals surface area contributed by atoms with Crippen LogP contribution in [0.4, 0.5) is 0 Å². The molecule has 0 heterocycles. The summed E-state index contributed by atoms with van der Waals surface area (Å²) >= 11 is 9.37. The number of hydrogen-bond donors (Lipinski definition) is 1. The maximum Gasteiger partial charge on any atom is 0.143 e. The number of methoxy groups -OCH3 is 1. The van der Waals surface area contributed by atoms with Crippen LogP contribution in [-0.2, 0) is 6.54 Å². The highest BCUT2D eigenvalue weighted by Crippen LogP contribution is 2.34. The molecule has 0 fully saturated rings. The predicted molar refractivity (Wildman–Crippen MR) is 58.5 cm³/mol. The number of hydrogen-bond acceptors (Lipinski definition) is 2. The van der Waals surface area contributed by atoms with Crippen LogP contribution in [0.15, 0.2) is 16.6 Å². The molecule has 72 valence electrons. The maximum absolute atomic E-state index is 6.03. The predicted octanol–water partition coefficient (Wildman–Crippen LogP) is 2.83. The van der Waals surface area contributed by atoms with Crippen molar-refractivity contribution in [3.63, 3.8) is 0 Å². The van der Waals surface area contributed by atoms with Gasteiger partial charge in [0, 0.05) is 16.6 Å². The molecule has 0 aliphatic heterocycles. The van der Waals surface area contributed by atoms with Crippen molar-refractivity contribution in [3.05, 3.63) is 27.2 Å². The molecule has 0 atom stereocenters. The van der Waals surface area contributed by atoms with Gasteiger partial charge in [-0.3, -0.25) is 0 Å². The molecule has 0 aliphatic carbocycles. The Morgan fingerprint density at radius 1 is 1.54 bits per heavy atom. The Morgan fingerprint density at radius 2 is 2.23 bits per heavy atom. The monoisotopic (exact) mass is 263 g/mol. The van der Waals surface area contributed by atoms with Crippen LogP contribution in [0.25, 0.3) is 0 Å². The van der Waals surface area contributed by atoms with E-state index in [1.54, 1.807) is 7.11 Å². The Morgan fingerprint density at radius 3 is 2.77 bits per heavy atom. The minimum atomic E-state index is 0.621. The van der Waals surface area contributed by atoms with Crippen LogP contribution < -0.4 is 10.1 Å². The molecule has 0 aromatic heterocycles. The SMILES string of the molecule is CNCc1ccc(Br)c(Cl)c1OC. The highest BCUT2D eigenvalue weighted by Gasteiger charge is 2.09. The van der Waals surface area contributed by atoms with Gasteiger partial charge in [0.15, 0.2) is 0 Å². The summed E-state index contributed by atoms with van der Waals surface area (Å²) in [6.45, 7) is 0.746. The molecular formula is C9H11BrClNO. The summed E-state index contributed by atoms with van der Waals surface area (Å²) < 4.78 is 6.06. The molecule has 1 aromatic rings. The van der Waals surface area contributed by atoms with Crippen LogP contribution in [0, 0.1) is 0 Å². The third-order valence-corrected chi connectivity index (χ3v) is 2.97. The average molecular weight is 265 g/mol. The van der Waals surface area contributed by atoms with Crippen LogP contribution in [0.3, 0.4) is 0 Å². The van der Waals surface area contributed by atoms with Gasteiger partial charge in [0.25, 0.3) is 0 Å². The lowest BCUT2D eigenvalue weighted by Gasteiger charge is -2.10. The minimum Gasteiger partial charge on any atom is -0.495 e. The van der Waals surface area contributed by atoms with E-state index in [1.165, 1.54) is 0 Å². The number of benzene rings is 1. The summed E-state index contributed by atoms with van der Waals surface area (Å²) in [6, 6.07) is 3.89. The van der Waals surface area contributed by atoms with Gasteiger partial charge in [0.05, 0.1) is 12.1 Å². The Labute approximate surface area is 91.4 Å². The lowest BCUT2D eigenvalue weighted by atomic mass is 10.2. The number of nitrogens with one attached hydrogen (secondary N) is 1. The van der Waals surface area contributed by atoms with Crippen molar-refractivity contribution in [2.45, 2.75) is 6.54 Å². The molecule has 1 N–H and O–H groups in total. The molecule has 2 nitrogen and oxygen atoms in total. The second-order valence-corrected chi connectivity index (χ2v) is 3.82. The van der Waals surface area contributed by atoms with Crippen LogP contribution in [0.1, 0.15) is 5.56 Å². The van der Waals surface area contributed by atoms with Crippen LogP contribution in [0.5, 0.6) is 5.75 Å². The molecule has 0 bridgehead atoms. The third kappa shape index (κ3) is 2.36. The molecule has 0 radical (unpaired) electrons. The summed E-state index contributed by atoms with van der Waals surface area (Å²) in [4.78, 5) is 0. The van der Waals surface area contributed by atoms with Crippen molar-refractivity contribution in [1.29, 1.82) is 0 Å². The Kier molecular flexibility index (Phi) is 4.03. The van der Waals surface area contributed by atoms with E-state index in [0.717, 1.165) is 22.3 Å². The van der Waals surface area contributed by atoms with Crippen LogP contribution >= 0.6 is 27.5 Å². The van der Waals surface area contributed by atoms with E-state index >= 15 is 0 Å². The summed E-state index contributed by atoms with van der Waals surface area (Å²) in [5, 5.41) is 3.67. The van der Waals surface area contributed by atoms with Crippen molar-refractivity contribution < 1.29 is 4.74 Å². The van der Waals surface area contributed by atoms with E-state index in [2.05, 4.69) is 21.2 Å². The normalized spacial score (nSPS) is 10.2. The third-order valence-electron chi connectivity index (χ3n) is 1.70. The van der Waals surface area contributed by atoms with Gasteiger partial charge in [-0.2, -0.15) is 0 Å². The van der Waals surface area contributed by atoms with E-state index in [0.29, 0.717) is 5.02 Å². The largest absolute Gasteiger partial charge is 0.495 e. The summed E-state index contributed by atoms with van der Waals surface area (Å²) in [7, 11) is 3.50. The van der Waals surface area contributed by atoms with Crippen molar-refractivity contribution >= 4 is 27.5 Å². The first kappa shape index (κ1) is 10.8. The van der Waals surface area contributed by atoms with Gasteiger partial charge >= 0.3 is 0 Å². The molecule has 0 aliphatic rings. The Bertz CT molecular complexity index is 304. The summed E-state index contributed by atoms with van der Waals surface area (Å²) in [5.41, 5.74) is 1.05. The quantitative estimate of drug-likeness (QED) is 0.906. The molecule has 0 unspecified atom stereocenters. The first-order valence-corrected chi connectivity index (χ1v) is 5.03. The zero-order chi connectivity index (χ0) is 9.84. The van der Waals surface area contributed by atoms with E-state index in [4.69, 9.17) is 16.3 Å². The van der Waals surface area contributed by atoms with Crippen molar-refractivity contribution in [2.24, 2.45) is 0 Å². The van der Waals surface area contributed by atoms with Gasteiger partial charge in [-0.15, -0.1) is 0 Å². The average Bonchev–Trinajstić information content (AvgIpc) is 2.12. The zero-order valence-corrected chi connectivity index (χ0v) is 9.87. The first-order chi connectivity index (χ1) is 6.20. The maximum atomic E-state index is 6.03. The molecule has 0 amide bonds. The van der Waals surface area contributed by atoms with Crippen LogP contribution in [0.2, 0.25) is 5.02 Å². The molecule has 0 spiro atoms. The van der Waals surface area contributed by atoms with E-state index in [-0.39, 0.29) is 0 Å². The van der Waals surface area contributed by atoms with E-state index in [9.17, 15) is 0 Å². The smallest absolute Gasteiger partial charge is 0.143 e. The topological polar surface area (TPSA) is 21.3 Å². The molecule has 0 saturated heterocycles. The fraction of sp³-hybridized carbons (Fsp3) is 0.333. The second-order valence-electron chi connectivity index (χ2n) is 2.58. The van der Waals surface area contributed by atoms with Crippen molar-refractivity contribution in [2.75, 3.05) is 14.2 Å². The zero-order valence-electron chi connectivity index (χ0n) is 7.53. The van der Waals surface area contributed by atoms with Gasteiger partial charge in [-0.25, -0.2) is 0 Å². The molecule has 4 heteroatoms. The molecule has 1 aromatic carbocycles. The van der Waals surface area contributed by atoms with E-state index in [1.807, 2.05) is 19.2 Å². The lowest BCUT2D eigenvalue weighted by molar-refractivity contribution is 0.408. The Balaban J connectivity index is 3.13. The van der Waals surface area contributed by atoms with E-state index < -0.39 is 0 Å². The molecular weight excluding hydrogens is 253 g/mol. The highest BCUT2D eigenvalue weighted by molar-refractivity contribution is 9.10. The second kappa shape index (κ2) is 4.84.